The summed E-state index contributed by atoms with van der Waals surface area (Å²) in [6, 6.07) is 3.63. The first-order valence-electron chi connectivity index (χ1n) is 9.00. The highest BCUT2D eigenvalue weighted by molar-refractivity contribution is 6.02. The van der Waals surface area contributed by atoms with E-state index in [1.165, 1.54) is 0 Å². The lowest BCUT2D eigenvalue weighted by Gasteiger charge is -2.14. The molecule has 2 aromatic rings. The van der Waals surface area contributed by atoms with Gasteiger partial charge in [-0.05, 0) is 39.2 Å². The SMILES string of the molecule is COCc1cc(C(=O)Nc2cc([C@H]3CC[C@@H](OC(C)C)C3)[nH]n2)n(C)n1. The molecule has 2 atom stereocenters. The van der Waals surface area contributed by atoms with E-state index in [0.717, 1.165) is 25.0 Å². The molecule has 0 spiro atoms. The predicted molar refractivity (Wildman–Crippen MR) is 97.1 cm³/mol. The summed E-state index contributed by atoms with van der Waals surface area (Å²) >= 11 is 0. The van der Waals surface area contributed by atoms with Gasteiger partial charge in [0.1, 0.15) is 5.69 Å². The number of nitrogens with one attached hydrogen (secondary N) is 2. The Hall–Kier alpha value is -2.19. The van der Waals surface area contributed by atoms with Crippen molar-refractivity contribution < 1.29 is 14.3 Å². The van der Waals surface area contributed by atoms with Crippen LogP contribution in [0.25, 0.3) is 0 Å². The Morgan fingerprint density at radius 3 is 2.96 bits per heavy atom. The van der Waals surface area contributed by atoms with E-state index >= 15 is 0 Å². The van der Waals surface area contributed by atoms with Gasteiger partial charge < -0.3 is 14.8 Å². The molecule has 0 aromatic carbocycles. The van der Waals surface area contributed by atoms with Crippen molar-refractivity contribution in [1.82, 2.24) is 20.0 Å². The number of ether oxygens (including phenoxy) is 2. The Kier molecular flexibility index (Phi) is 5.73. The summed E-state index contributed by atoms with van der Waals surface area (Å²) in [6.07, 6.45) is 3.65. The number of nitrogens with zero attached hydrogens (tertiary/aromatic N) is 3. The Labute approximate surface area is 153 Å². The second-order valence-electron chi connectivity index (χ2n) is 7.06. The molecular weight excluding hydrogens is 334 g/mol. The Morgan fingerprint density at radius 1 is 1.42 bits per heavy atom. The minimum atomic E-state index is -0.243. The van der Waals surface area contributed by atoms with Gasteiger partial charge in [-0.1, -0.05) is 0 Å². The van der Waals surface area contributed by atoms with Gasteiger partial charge in [0.05, 0.1) is 24.5 Å². The van der Waals surface area contributed by atoms with E-state index in [2.05, 4.69) is 34.5 Å². The largest absolute Gasteiger partial charge is 0.378 e. The topological polar surface area (TPSA) is 94.1 Å². The third kappa shape index (κ3) is 4.31. The van der Waals surface area contributed by atoms with Crippen molar-refractivity contribution in [2.45, 2.75) is 57.8 Å². The van der Waals surface area contributed by atoms with E-state index < -0.39 is 0 Å². The highest BCUT2D eigenvalue weighted by Crippen LogP contribution is 2.36. The van der Waals surface area contributed by atoms with E-state index in [1.54, 1.807) is 24.9 Å². The third-order valence-electron chi connectivity index (χ3n) is 4.58. The number of aryl methyl sites for hydroxylation is 1. The number of hydrogen-bond acceptors (Lipinski definition) is 5. The zero-order valence-corrected chi connectivity index (χ0v) is 15.8. The van der Waals surface area contributed by atoms with Gasteiger partial charge in [0.25, 0.3) is 5.91 Å². The van der Waals surface area contributed by atoms with Crippen LogP contribution >= 0.6 is 0 Å². The maximum Gasteiger partial charge on any atom is 0.275 e. The monoisotopic (exact) mass is 361 g/mol. The molecule has 0 unspecified atom stereocenters. The van der Waals surface area contributed by atoms with Gasteiger partial charge in [-0.3, -0.25) is 14.6 Å². The summed E-state index contributed by atoms with van der Waals surface area (Å²) in [4.78, 5) is 12.5. The van der Waals surface area contributed by atoms with Crippen molar-refractivity contribution >= 4 is 11.7 Å². The van der Waals surface area contributed by atoms with E-state index in [1.807, 2.05) is 6.07 Å². The van der Waals surface area contributed by atoms with Crippen LogP contribution in [0.3, 0.4) is 0 Å². The summed E-state index contributed by atoms with van der Waals surface area (Å²) in [5.41, 5.74) is 2.22. The molecule has 0 aliphatic heterocycles. The molecule has 26 heavy (non-hydrogen) atoms. The lowest BCUT2D eigenvalue weighted by Crippen LogP contribution is -2.16. The number of carbonyl (C=O) groups excluding carboxylic acids is 1. The number of hydrogen-bond donors (Lipinski definition) is 2. The molecule has 0 saturated heterocycles. The first kappa shape index (κ1) is 18.6. The van der Waals surface area contributed by atoms with E-state index in [9.17, 15) is 4.79 Å². The Bertz CT molecular complexity index is 752. The zero-order chi connectivity index (χ0) is 18.7. The minimum absolute atomic E-state index is 0.243. The number of rotatable bonds is 7. The normalized spacial score (nSPS) is 20.0. The predicted octanol–water partition coefficient (Wildman–Crippen LogP) is 2.60. The van der Waals surface area contributed by atoms with Gasteiger partial charge >= 0.3 is 0 Å². The van der Waals surface area contributed by atoms with Crippen molar-refractivity contribution in [1.29, 1.82) is 0 Å². The van der Waals surface area contributed by atoms with Gasteiger partial charge in [-0.15, -0.1) is 0 Å². The molecule has 1 aliphatic rings. The quantitative estimate of drug-likeness (QED) is 0.790. The molecule has 2 heterocycles. The molecule has 8 heteroatoms. The first-order valence-corrected chi connectivity index (χ1v) is 9.00. The summed E-state index contributed by atoms with van der Waals surface area (Å²) < 4.78 is 12.5. The van der Waals surface area contributed by atoms with Gasteiger partial charge in [-0.2, -0.15) is 10.2 Å². The fourth-order valence-corrected chi connectivity index (χ4v) is 3.48. The summed E-state index contributed by atoms with van der Waals surface area (Å²) in [5, 5.41) is 14.4. The van der Waals surface area contributed by atoms with Crippen molar-refractivity contribution in [3.63, 3.8) is 0 Å². The van der Waals surface area contributed by atoms with Crippen molar-refractivity contribution in [2.24, 2.45) is 7.05 Å². The Balaban J connectivity index is 1.61. The molecule has 1 amide bonds. The van der Waals surface area contributed by atoms with Crippen LogP contribution in [0.5, 0.6) is 0 Å². The van der Waals surface area contributed by atoms with Crippen LogP contribution in [-0.2, 0) is 23.1 Å². The van der Waals surface area contributed by atoms with Crippen LogP contribution in [-0.4, -0.2) is 45.2 Å². The lowest BCUT2D eigenvalue weighted by atomic mass is 10.0. The summed E-state index contributed by atoms with van der Waals surface area (Å²) in [6.45, 7) is 4.50. The molecule has 1 saturated carbocycles. The second-order valence-corrected chi connectivity index (χ2v) is 7.06. The van der Waals surface area contributed by atoms with Gasteiger partial charge in [-0.25, -0.2) is 0 Å². The lowest BCUT2D eigenvalue weighted by molar-refractivity contribution is 0.0117. The molecule has 0 bridgehead atoms. The third-order valence-corrected chi connectivity index (χ3v) is 4.58. The van der Waals surface area contributed by atoms with Crippen LogP contribution in [0.15, 0.2) is 12.1 Å². The molecule has 142 valence electrons. The van der Waals surface area contributed by atoms with E-state index in [-0.39, 0.29) is 12.0 Å². The minimum Gasteiger partial charge on any atom is -0.378 e. The van der Waals surface area contributed by atoms with Gasteiger partial charge in [0, 0.05) is 31.8 Å². The summed E-state index contributed by atoms with van der Waals surface area (Å²) in [7, 11) is 3.33. The van der Waals surface area contributed by atoms with Crippen LogP contribution in [0, 0.1) is 0 Å². The van der Waals surface area contributed by atoms with Gasteiger partial charge in [0.2, 0.25) is 0 Å². The molecule has 1 aliphatic carbocycles. The zero-order valence-electron chi connectivity index (χ0n) is 15.8. The van der Waals surface area contributed by atoms with Gasteiger partial charge in [0.15, 0.2) is 5.82 Å². The highest BCUT2D eigenvalue weighted by atomic mass is 16.5. The number of anilines is 1. The first-order chi connectivity index (χ1) is 12.5. The summed E-state index contributed by atoms with van der Waals surface area (Å²) in [5.74, 6) is 0.669. The van der Waals surface area contributed by atoms with Crippen LogP contribution < -0.4 is 5.32 Å². The smallest absolute Gasteiger partial charge is 0.275 e. The average Bonchev–Trinajstić information content (AvgIpc) is 3.27. The standard InChI is InChI=1S/C18H27N5O3/c1-11(2)26-14-6-5-12(7-14)15-9-17(21-20-15)19-18(24)16-8-13(10-25-4)22-23(16)3/h8-9,11-12,14H,5-7,10H2,1-4H3,(H2,19,20,21,24)/t12-,14+/m0/s1. The molecule has 2 aromatic heterocycles. The van der Waals surface area contributed by atoms with Crippen LogP contribution in [0.1, 0.15) is 60.9 Å². The van der Waals surface area contributed by atoms with E-state index in [0.29, 0.717) is 35.8 Å². The van der Waals surface area contributed by atoms with Crippen molar-refractivity contribution in [3.8, 4) is 0 Å². The van der Waals surface area contributed by atoms with E-state index in [4.69, 9.17) is 9.47 Å². The molecular formula is C18H27N5O3. The fourth-order valence-electron chi connectivity index (χ4n) is 3.48. The number of methoxy groups -OCH3 is 1. The molecule has 2 N–H and O–H groups in total. The van der Waals surface area contributed by atoms with Crippen LogP contribution in [0.2, 0.25) is 0 Å². The highest BCUT2D eigenvalue weighted by Gasteiger charge is 2.28. The fraction of sp³-hybridized carbons (Fsp3) is 0.611. The number of aromatic nitrogens is 4. The second kappa shape index (κ2) is 8.01. The Morgan fingerprint density at radius 2 is 2.23 bits per heavy atom. The van der Waals surface area contributed by atoms with Crippen LogP contribution in [0.4, 0.5) is 5.82 Å². The number of carbonyl (C=O) groups is 1. The molecule has 3 rings (SSSR count). The number of amides is 1. The number of H-pyrrole nitrogens is 1. The maximum atomic E-state index is 12.5. The molecule has 8 nitrogen and oxygen atoms in total. The molecule has 0 radical (unpaired) electrons. The average molecular weight is 361 g/mol. The number of aromatic amines is 1. The van der Waals surface area contributed by atoms with Crippen molar-refractivity contribution in [2.75, 3.05) is 12.4 Å². The van der Waals surface area contributed by atoms with Crippen molar-refractivity contribution in [3.05, 3.63) is 29.2 Å². The maximum absolute atomic E-state index is 12.5. The molecule has 1 fully saturated rings.